The molecule has 1 rings (SSSR count). The van der Waals surface area contributed by atoms with Crippen molar-refractivity contribution in [2.45, 2.75) is 31.9 Å². The molecule has 0 aliphatic carbocycles. The summed E-state index contributed by atoms with van der Waals surface area (Å²) in [5.74, 6) is 0. The topological polar surface area (TPSA) is 42.5 Å². The van der Waals surface area contributed by atoms with Crippen molar-refractivity contribution >= 4 is 0 Å². The molecule has 1 aliphatic heterocycles. The van der Waals surface area contributed by atoms with Crippen molar-refractivity contribution in [2.75, 3.05) is 40.0 Å². The van der Waals surface area contributed by atoms with E-state index < -0.39 is 0 Å². The Balaban J connectivity index is 2.04. The van der Waals surface area contributed by atoms with Gasteiger partial charge in [-0.05, 0) is 20.3 Å². The molecule has 0 bridgehead atoms. The number of ether oxygens (including phenoxy) is 2. The van der Waals surface area contributed by atoms with Gasteiger partial charge in [0.15, 0.2) is 0 Å². The number of rotatable bonds is 7. The summed E-state index contributed by atoms with van der Waals surface area (Å²) in [6.07, 6.45) is 1.42. The molecule has 15 heavy (non-hydrogen) atoms. The maximum atomic E-state index is 5.56. The van der Waals surface area contributed by atoms with Crippen LogP contribution in [-0.2, 0) is 9.47 Å². The molecule has 0 aromatic carbocycles. The minimum atomic E-state index is 0.156. The number of hydrogen-bond donors (Lipinski definition) is 2. The van der Waals surface area contributed by atoms with E-state index in [4.69, 9.17) is 9.47 Å². The average molecular weight is 216 g/mol. The SMILES string of the molecule is COCCNCCNC1(C)CCOC1C. The first-order chi connectivity index (χ1) is 7.19. The van der Waals surface area contributed by atoms with Crippen molar-refractivity contribution < 1.29 is 9.47 Å². The molecule has 0 spiro atoms. The van der Waals surface area contributed by atoms with E-state index in [1.807, 2.05) is 0 Å². The summed E-state index contributed by atoms with van der Waals surface area (Å²) in [7, 11) is 1.72. The Hall–Kier alpha value is -0.160. The molecule has 2 N–H and O–H groups in total. The first-order valence-electron chi connectivity index (χ1n) is 5.75. The van der Waals surface area contributed by atoms with Crippen molar-refractivity contribution in [2.24, 2.45) is 0 Å². The Labute approximate surface area is 92.7 Å². The lowest BCUT2D eigenvalue weighted by molar-refractivity contribution is 0.0888. The van der Waals surface area contributed by atoms with E-state index in [1.54, 1.807) is 7.11 Å². The molecule has 0 aromatic heterocycles. The number of hydrogen-bond acceptors (Lipinski definition) is 4. The molecule has 0 saturated carbocycles. The smallest absolute Gasteiger partial charge is 0.0726 e. The molecular formula is C11H24N2O2. The summed E-state index contributed by atoms with van der Waals surface area (Å²) in [6, 6.07) is 0. The summed E-state index contributed by atoms with van der Waals surface area (Å²) in [5, 5.41) is 6.87. The van der Waals surface area contributed by atoms with Crippen LogP contribution in [0.3, 0.4) is 0 Å². The highest BCUT2D eigenvalue weighted by atomic mass is 16.5. The first-order valence-corrected chi connectivity index (χ1v) is 5.75. The number of nitrogens with one attached hydrogen (secondary N) is 2. The van der Waals surface area contributed by atoms with Crippen LogP contribution >= 0.6 is 0 Å². The molecule has 0 radical (unpaired) electrons. The lowest BCUT2D eigenvalue weighted by Crippen LogP contribution is -2.49. The molecule has 0 amide bonds. The zero-order chi connectivity index (χ0) is 11.1. The molecule has 4 nitrogen and oxygen atoms in total. The second-order valence-electron chi connectivity index (χ2n) is 4.35. The minimum absolute atomic E-state index is 0.156. The Kier molecular flexibility index (Phi) is 5.53. The second kappa shape index (κ2) is 6.43. The van der Waals surface area contributed by atoms with Gasteiger partial charge in [0.1, 0.15) is 0 Å². The molecule has 1 heterocycles. The maximum Gasteiger partial charge on any atom is 0.0726 e. The largest absolute Gasteiger partial charge is 0.383 e. The van der Waals surface area contributed by atoms with E-state index in [0.29, 0.717) is 6.10 Å². The Morgan fingerprint density at radius 1 is 1.40 bits per heavy atom. The quantitative estimate of drug-likeness (QED) is 0.604. The van der Waals surface area contributed by atoms with Gasteiger partial charge in [0, 0.05) is 38.9 Å². The van der Waals surface area contributed by atoms with Gasteiger partial charge in [0.2, 0.25) is 0 Å². The lowest BCUT2D eigenvalue weighted by atomic mass is 9.95. The van der Waals surface area contributed by atoms with E-state index in [2.05, 4.69) is 24.5 Å². The third-order valence-corrected chi connectivity index (χ3v) is 3.20. The van der Waals surface area contributed by atoms with Crippen molar-refractivity contribution in [1.82, 2.24) is 10.6 Å². The Morgan fingerprint density at radius 2 is 2.20 bits per heavy atom. The van der Waals surface area contributed by atoms with E-state index in [0.717, 1.165) is 39.3 Å². The fourth-order valence-corrected chi connectivity index (χ4v) is 1.80. The fourth-order valence-electron chi connectivity index (χ4n) is 1.80. The maximum absolute atomic E-state index is 5.56. The molecule has 2 atom stereocenters. The van der Waals surface area contributed by atoms with Crippen molar-refractivity contribution in [3.05, 3.63) is 0 Å². The molecule has 0 aromatic rings. The monoisotopic (exact) mass is 216 g/mol. The minimum Gasteiger partial charge on any atom is -0.383 e. The highest BCUT2D eigenvalue weighted by Crippen LogP contribution is 2.24. The summed E-state index contributed by atoms with van der Waals surface area (Å²) < 4.78 is 10.5. The van der Waals surface area contributed by atoms with Gasteiger partial charge >= 0.3 is 0 Å². The van der Waals surface area contributed by atoms with E-state index >= 15 is 0 Å². The molecule has 1 saturated heterocycles. The van der Waals surface area contributed by atoms with Gasteiger partial charge in [0.25, 0.3) is 0 Å². The standard InChI is InChI=1S/C11H24N2O2/c1-10-11(2,4-8-15-10)13-6-5-12-7-9-14-3/h10,12-13H,4-9H2,1-3H3. The molecule has 4 heteroatoms. The van der Waals surface area contributed by atoms with Crippen molar-refractivity contribution in [3.63, 3.8) is 0 Å². The lowest BCUT2D eigenvalue weighted by Gasteiger charge is -2.29. The van der Waals surface area contributed by atoms with Gasteiger partial charge in [-0.25, -0.2) is 0 Å². The van der Waals surface area contributed by atoms with E-state index in [9.17, 15) is 0 Å². The summed E-state index contributed by atoms with van der Waals surface area (Å²) in [4.78, 5) is 0. The van der Waals surface area contributed by atoms with Crippen LogP contribution in [0.2, 0.25) is 0 Å². The predicted octanol–water partition coefficient (Wildman–Crippen LogP) is 0.380. The van der Waals surface area contributed by atoms with Gasteiger partial charge in [-0.15, -0.1) is 0 Å². The van der Waals surface area contributed by atoms with Gasteiger partial charge < -0.3 is 20.1 Å². The summed E-state index contributed by atoms with van der Waals surface area (Å²) in [6.45, 7) is 8.90. The first kappa shape index (κ1) is 12.9. The summed E-state index contributed by atoms with van der Waals surface area (Å²) in [5.41, 5.74) is 0.156. The predicted molar refractivity (Wildman–Crippen MR) is 61.2 cm³/mol. The van der Waals surface area contributed by atoms with Gasteiger partial charge in [-0.2, -0.15) is 0 Å². The van der Waals surface area contributed by atoms with Crippen LogP contribution in [0, 0.1) is 0 Å². The Morgan fingerprint density at radius 3 is 2.80 bits per heavy atom. The molecule has 2 unspecified atom stereocenters. The zero-order valence-corrected chi connectivity index (χ0v) is 10.1. The molecule has 1 aliphatic rings. The number of methoxy groups -OCH3 is 1. The normalized spacial score (nSPS) is 31.0. The highest BCUT2D eigenvalue weighted by Gasteiger charge is 2.35. The highest BCUT2D eigenvalue weighted by molar-refractivity contribution is 4.93. The Bertz CT molecular complexity index is 178. The van der Waals surface area contributed by atoms with Crippen molar-refractivity contribution in [3.8, 4) is 0 Å². The van der Waals surface area contributed by atoms with Crippen LogP contribution in [0.15, 0.2) is 0 Å². The molecule has 1 fully saturated rings. The van der Waals surface area contributed by atoms with Gasteiger partial charge in [-0.1, -0.05) is 0 Å². The van der Waals surface area contributed by atoms with Crippen LogP contribution in [0.1, 0.15) is 20.3 Å². The van der Waals surface area contributed by atoms with Crippen LogP contribution in [0.5, 0.6) is 0 Å². The van der Waals surface area contributed by atoms with Gasteiger partial charge in [0.05, 0.1) is 12.7 Å². The van der Waals surface area contributed by atoms with Crippen LogP contribution in [0.25, 0.3) is 0 Å². The third kappa shape index (κ3) is 4.07. The van der Waals surface area contributed by atoms with Crippen molar-refractivity contribution in [1.29, 1.82) is 0 Å². The van der Waals surface area contributed by atoms with Gasteiger partial charge in [-0.3, -0.25) is 0 Å². The zero-order valence-electron chi connectivity index (χ0n) is 10.1. The molecule has 90 valence electrons. The van der Waals surface area contributed by atoms with Crippen LogP contribution in [0.4, 0.5) is 0 Å². The van der Waals surface area contributed by atoms with Crippen LogP contribution in [-0.4, -0.2) is 51.6 Å². The van der Waals surface area contributed by atoms with E-state index in [1.165, 1.54) is 0 Å². The third-order valence-electron chi connectivity index (χ3n) is 3.20. The second-order valence-corrected chi connectivity index (χ2v) is 4.35. The molecular weight excluding hydrogens is 192 g/mol. The van der Waals surface area contributed by atoms with E-state index in [-0.39, 0.29) is 5.54 Å². The fraction of sp³-hybridized carbons (Fsp3) is 1.00. The average Bonchev–Trinajstić information content (AvgIpc) is 2.54. The van der Waals surface area contributed by atoms with Crippen LogP contribution < -0.4 is 10.6 Å². The summed E-state index contributed by atoms with van der Waals surface area (Å²) >= 11 is 0.